The minimum atomic E-state index is -1.06. The van der Waals surface area contributed by atoms with Gasteiger partial charge < -0.3 is 25.7 Å². The number of nitrogens with one attached hydrogen (secondary N) is 2. The molecule has 1 aliphatic rings. The lowest BCUT2D eigenvalue weighted by atomic mass is 9.96. The highest BCUT2D eigenvalue weighted by Gasteiger charge is 2.30. The Morgan fingerprint density at radius 2 is 1.68 bits per heavy atom. The number of hydrogen-bond donors (Lipinski definition) is 4. The van der Waals surface area contributed by atoms with Gasteiger partial charge in [-0.1, -0.05) is 30.3 Å². The topological polar surface area (TPSA) is 131 Å². The number of aliphatic hydroxyl groups is 1. The Bertz CT molecular complexity index is 1440. The van der Waals surface area contributed by atoms with Crippen molar-refractivity contribution in [1.82, 2.24) is 9.96 Å². The van der Waals surface area contributed by atoms with E-state index in [2.05, 4.69) is 10.6 Å². The fourth-order valence-electron chi connectivity index (χ4n) is 4.38. The molecule has 0 aromatic heterocycles. The van der Waals surface area contributed by atoms with E-state index in [1.165, 1.54) is 11.1 Å². The second-order valence-electron chi connectivity index (χ2n) is 9.45. The Balaban J connectivity index is 1.60. The standard InChI is InChI=1S/C30H32N4O6/c1-19-17-24-25(18-23(19)30(38)39)32-28(36)26(24)27(20-7-5-4-6-8-20)31-22-11-9-21(10-12-22)29(37)34(3)40-16-14-33(2)13-15-35/h4-12,17-18,31,35H,13-16H2,1-3H3,(H,32,36)(H,38,39). The maximum atomic E-state index is 13.2. The molecule has 10 nitrogen and oxygen atoms in total. The van der Waals surface area contributed by atoms with E-state index in [0.29, 0.717) is 59.0 Å². The van der Waals surface area contributed by atoms with Crippen molar-refractivity contribution in [2.75, 3.05) is 51.0 Å². The van der Waals surface area contributed by atoms with Gasteiger partial charge in [0.1, 0.15) is 0 Å². The minimum Gasteiger partial charge on any atom is -0.478 e. The molecule has 40 heavy (non-hydrogen) atoms. The number of aliphatic hydroxyl groups excluding tert-OH is 1. The highest BCUT2D eigenvalue weighted by atomic mass is 16.7. The Morgan fingerprint density at radius 1 is 0.975 bits per heavy atom. The number of hydroxylamine groups is 2. The fraction of sp³-hybridized carbons (Fsp3) is 0.233. The maximum absolute atomic E-state index is 13.2. The second-order valence-corrected chi connectivity index (χ2v) is 9.45. The van der Waals surface area contributed by atoms with Crippen molar-refractivity contribution in [3.63, 3.8) is 0 Å². The molecule has 0 spiro atoms. The smallest absolute Gasteiger partial charge is 0.336 e. The van der Waals surface area contributed by atoms with Gasteiger partial charge in [0.15, 0.2) is 0 Å². The van der Waals surface area contributed by atoms with Crippen LogP contribution in [0.5, 0.6) is 0 Å². The van der Waals surface area contributed by atoms with Crippen LogP contribution in [0.25, 0.3) is 11.3 Å². The SMILES string of the molecule is Cc1cc2c(cc1C(=O)O)NC(=O)C2=C(Nc1ccc(C(=O)N(C)OCCN(C)CCO)cc1)c1ccccc1. The summed E-state index contributed by atoms with van der Waals surface area (Å²) in [6.45, 7) is 3.13. The fourth-order valence-corrected chi connectivity index (χ4v) is 4.38. The van der Waals surface area contributed by atoms with Gasteiger partial charge >= 0.3 is 5.97 Å². The molecule has 4 rings (SSSR count). The molecule has 1 aliphatic heterocycles. The number of fused-ring (bicyclic) bond motifs is 1. The van der Waals surface area contributed by atoms with Crippen LogP contribution in [0.3, 0.4) is 0 Å². The molecular formula is C30H32N4O6. The molecular weight excluding hydrogens is 512 g/mol. The zero-order valence-electron chi connectivity index (χ0n) is 22.6. The molecule has 0 unspecified atom stereocenters. The van der Waals surface area contributed by atoms with Gasteiger partial charge in [0.05, 0.1) is 35.7 Å². The summed E-state index contributed by atoms with van der Waals surface area (Å²) < 4.78 is 0. The third kappa shape index (κ3) is 6.37. The number of carboxylic acid groups (broad SMARTS) is 1. The van der Waals surface area contributed by atoms with Crippen LogP contribution in [0, 0.1) is 6.92 Å². The third-order valence-electron chi connectivity index (χ3n) is 6.58. The number of hydrogen-bond acceptors (Lipinski definition) is 7. The first-order chi connectivity index (χ1) is 19.2. The first kappa shape index (κ1) is 28.5. The van der Waals surface area contributed by atoms with Gasteiger partial charge in [0, 0.05) is 37.0 Å². The van der Waals surface area contributed by atoms with E-state index in [-0.39, 0.29) is 24.0 Å². The van der Waals surface area contributed by atoms with Crippen LogP contribution in [-0.2, 0) is 9.63 Å². The predicted octanol–water partition coefficient (Wildman–Crippen LogP) is 3.55. The third-order valence-corrected chi connectivity index (χ3v) is 6.58. The number of carbonyl (C=O) groups is 3. The number of carbonyl (C=O) groups excluding carboxylic acids is 2. The van der Waals surface area contributed by atoms with Gasteiger partial charge in [-0.3, -0.25) is 14.4 Å². The van der Waals surface area contributed by atoms with Crippen molar-refractivity contribution in [1.29, 1.82) is 0 Å². The van der Waals surface area contributed by atoms with Crippen LogP contribution in [0.15, 0.2) is 66.7 Å². The Kier molecular flexibility index (Phi) is 8.95. The van der Waals surface area contributed by atoms with Gasteiger partial charge in [0.25, 0.3) is 11.8 Å². The van der Waals surface area contributed by atoms with Crippen LogP contribution in [0.4, 0.5) is 11.4 Å². The lowest BCUT2D eigenvalue weighted by molar-refractivity contribution is -0.110. The molecule has 3 aromatic carbocycles. The first-order valence-electron chi connectivity index (χ1n) is 12.8. The normalized spacial score (nSPS) is 13.6. The highest BCUT2D eigenvalue weighted by Crippen LogP contribution is 2.39. The van der Waals surface area contributed by atoms with Gasteiger partial charge in [-0.2, -0.15) is 0 Å². The van der Waals surface area contributed by atoms with Crippen LogP contribution in [0.2, 0.25) is 0 Å². The number of anilines is 2. The average Bonchev–Trinajstić information content (AvgIpc) is 3.25. The summed E-state index contributed by atoms with van der Waals surface area (Å²) >= 11 is 0. The molecule has 10 heteroatoms. The van der Waals surface area contributed by atoms with Crippen LogP contribution < -0.4 is 10.6 Å². The molecule has 1 heterocycles. The van der Waals surface area contributed by atoms with Crippen LogP contribution >= 0.6 is 0 Å². The minimum absolute atomic E-state index is 0.0524. The number of amides is 2. The van der Waals surface area contributed by atoms with Gasteiger partial charge in [0.2, 0.25) is 0 Å². The Hall–Kier alpha value is -4.51. The quantitative estimate of drug-likeness (QED) is 0.213. The second kappa shape index (κ2) is 12.6. The number of benzene rings is 3. The molecule has 0 radical (unpaired) electrons. The monoisotopic (exact) mass is 544 g/mol. The molecule has 0 bridgehead atoms. The zero-order chi connectivity index (χ0) is 28.8. The van der Waals surface area contributed by atoms with E-state index >= 15 is 0 Å². The molecule has 0 saturated carbocycles. The first-order valence-corrected chi connectivity index (χ1v) is 12.8. The summed E-state index contributed by atoms with van der Waals surface area (Å²) in [5.74, 6) is -1.72. The number of nitrogens with zero attached hydrogens (tertiary/aromatic N) is 2. The molecule has 3 aromatic rings. The van der Waals surface area contributed by atoms with Gasteiger partial charge in [-0.05, 0) is 61.5 Å². The largest absolute Gasteiger partial charge is 0.478 e. The summed E-state index contributed by atoms with van der Waals surface area (Å²) in [6, 6.07) is 19.4. The van der Waals surface area contributed by atoms with E-state index in [1.54, 1.807) is 44.3 Å². The lowest BCUT2D eigenvalue weighted by Gasteiger charge is -2.20. The summed E-state index contributed by atoms with van der Waals surface area (Å²) in [7, 11) is 3.40. The zero-order valence-corrected chi connectivity index (χ0v) is 22.6. The Morgan fingerprint density at radius 3 is 2.33 bits per heavy atom. The molecule has 0 atom stereocenters. The number of rotatable bonds is 11. The number of aryl methyl sites for hydroxylation is 1. The lowest BCUT2D eigenvalue weighted by Crippen LogP contribution is -2.32. The maximum Gasteiger partial charge on any atom is 0.336 e. The van der Waals surface area contributed by atoms with E-state index < -0.39 is 5.97 Å². The highest BCUT2D eigenvalue weighted by molar-refractivity contribution is 6.37. The van der Waals surface area contributed by atoms with Crippen LogP contribution in [-0.4, -0.2) is 78.4 Å². The summed E-state index contributed by atoms with van der Waals surface area (Å²) in [4.78, 5) is 45.0. The molecule has 208 valence electrons. The van der Waals surface area contributed by atoms with Crippen molar-refractivity contribution in [3.05, 3.63) is 94.5 Å². The molecule has 4 N–H and O–H groups in total. The summed E-state index contributed by atoms with van der Waals surface area (Å²) in [6.07, 6.45) is 0. The van der Waals surface area contributed by atoms with Crippen molar-refractivity contribution in [3.8, 4) is 0 Å². The average molecular weight is 545 g/mol. The van der Waals surface area contributed by atoms with E-state index in [0.717, 1.165) is 5.56 Å². The number of aromatic carboxylic acids is 1. The van der Waals surface area contributed by atoms with Crippen molar-refractivity contribution >= 4 is 40.4 Å². The molecule has 0 saturated heterocycles. The predicted molar refractivity (Wildman–Crippen MR) is 153 cm³/mol. The molecule has 2 amide bonds. The van der Waals surface area contributed by atoms with Crippen LogP contribution in [0.1, 0.15) is 37.4 Å². The summed E-state index contributed by atoms with van der Waals surface area (Å²) in [5, 5.41) is 25.8. The number of likely N-dealkylation sites (N-methyl/N-ethyl adjacent to an activating group) is 1. The van der Waals surface area contributed by atoms with Crippen molar-refractivity contribution < 1.29 is 29.4 Å². The van der Waals surface area contributed by atoms with Gasteiger partial charge in [-0.25, -0.2) is 9.86 Å². The van der Waals surface area contributed by atoms with E-state index in [1.807, 2.05) is 42.3 Å². The summed E-state index contributed by atoms with van der Waals surface area (Å²) in [5.41, 5.74) is 4.48. The van der Waals surface area contributed by atoms with E-state index in [4.69, 9.17) is 9.94 Å². The number of carboxylic acids is 1. The molecule has 0 fully saturated rings. The van der Waals surface area contributed by atoms with Crippen molar-refractivity contribution in [2.45, 2.75) is 6.92 Å². The Labute approximate surface area is 232 Å². The van der Waals surface area contributed by atoms with E-state index in [9.17, 15) is 19.5 Å². The van der Waals surface area contributed by atoms with Crippen molar-refractivity contribution in [2.24, 2.45) is 0 Å². The molecule has 0 aliphatic carbocycles. The van der Waals surface area contributed by atoms with Gasteiger partial charge in [-0.15, -0.1) is 0 Å².